The Balaban J connectivity index is 2.59. The summed E-state index contributed by atoms with van der Waals surface area (Å²) < 4.78 is 10.4. The van der Waals surface area contributed by atoms with Crippen LogP contribution in [0.25, 0.3) is 0 Å². The van der Waals surface area contributed by atoms with Crippen molar-refractivity contribution in [3.05, 3.63) is 29.8 Å². The fourth-order valence-electron chi connectivity index (χ4n) is 1.66. The smallest absolute Gasteiger partial charge is 0.337 e. The van der Waals surface area contributed by atoms with Crippen molar-refractivity contribution >= 4 is 21.9 Å². The topological polar surface area (TPSA) is 35.5 Å². The van der Waals surface area contributed by atoms with Gasteiger partial charge in [-0.2, -0.15) is 0 Å². The Morgan fingerprint density at radius 1 is 1.44 bits per heavy atom. The third-order valence-corrected chi connectivity index (χ3v) is 3.57. The Hall–Kier alpha value is -1.03. The number of hydrogen-bond donors (Lipinski definition) is 0. The van der Waals surface area contributed by atoms with Crippen LogP contribution in [-0.2, 0) is 4.74 Å². The number of hydrogen-bond acceptors (Lipinski definition) is 3. The standard InChI is InChI=1S/C14H19BrO3/c1-3-5-11(9-15)10-18-13-7-4-6-12(8-13)14(16)17-2/h4,6-8,11H,3,5,9-10H2,1-2H3. The molecule has 1 rings (SSSR count). The molecule has 0 fully saturated rings. The molecule has 0 radical (unpaired) electrons. The predicted molar refractivity (Wildman–Crippen MR) is 75.5 cm³/mol. The minimum atomic E-state index is -0.342. The molecular formula is C14H19BrO3. The van der Waals surface area contributed by atoms with Crippen LogP contribution in [0.15, 0.2) is 24.3 Å². The van der Waals surface area contributed by atoms with Gasteiger partial charge < -0.3 is 9.47 Å². The third-order valence-electron chi connectivity index (χ3n) is 2.66. The molecule has 1 aromatic carbocycles. The number of ether oxygens (including phenoxy) is 2. The number of rotatable bonds is 7. The summed E-state index contributed by atoms with van der Waals surface area (Å²) in [5.74, 6) is 0.864. The van der Waals surface area contributed by atoms with Crippen LogP contribution >= 0.6 is 15.9 Å². The molecule has 0 heterocycles. The normalized spacial score (nSPS) is 11.9. The van der Waals surface area contributed by atoms with Crippen LogP contribution in [-0.4, -0.2) is 25.0 Å². The van der Waals surface area contributed by atoms with E-state index in [9.17, 15) is 4.79 Å². The van der Waals surface area contributed by atoms with E-state index in [1.54, 1.807) is 18.2 Å². The van der Waals surface area contributed by atoms with Gasteiger partial charge in [0.05, 0.1) is 19.3 Å². The van der Waals surface area contributed by atoms with Gasteiger partial charge in [0.25, 0.3) is 0 Å². The molecule has 4 heteroatoms. The molecule has 0 aromatic heterocycles. The van der Waals surface area contributed by atoms with Crippen molar-refractivity contribution < 1.29 is 14.3 Å². The van der Waals surface area contributed by atoms with E-state index >= 15 is 0 Å². The van der Waals surface area contributed by atoms with Gasteiger partial charge in [0.1, 0.15) is 5.75 Å². The second kappa shape index (κ2) is 8.14. The van der Waals surface area contributed by atoms with Crippen molar-refractivity contribution in [1.29, 1.82) is 0 Å². The zero-order valence-electron chi connectivity index (χ0n) is 10.8. The Bertz CT molecular complexity index is 379. The predicted octanol–water partition coefficient (Wildman–Crippen LogP) is 3.66. The lowest BCUT2D eigenvalue weighted by molar-refractivity contribution is 0.0600. The summed E-state index contributed by atoms with van der Waals surface area (Å²) in [5, 5.41) is 0.928. The molecule has 1 unspecified atom stereocenters. The van der Waals surface area contributed by atoms with Gasteiger partial charge in [-0.3, -0.25) is 0 Å². The number of methoxy groups -OCH3 is 1. The first-order valence-electron chi connectivity index (χ1n) is 6.08. The summed E-state index contributed by atoms with van der Waals surface area (Å²) in [5.41, 5.74) is 0.515. The molecule has 0 aliphatic rings. The van der Waals surface area contributed by atoms with Crippen LogP contribution < -0.4 is 4.74 Å². The van der Waals surface area contributed by atoms with Crippen LogP contribution in [0.1, 0.15) is 30.1 Å². The lowest BCUT2D eigenvalue weighted by Gasteiger charge is -2.14. The molecule has 0 saturated carbocycles. The number of benzene rings is 1. The number of halogens is 1. The molecule has 0 N–H and O–H groups in total. The number of carbonyl (C=O) groups is 1. The second-order valence-corrected chi connectivity index (χ2v) is 4.79. The van der Waals surface area contributed by atoms with Gasteiger partial charge in [0, 0.05) is 11.2 Å². The average molecular weight is 315 g/mol. The summed E-state index contributed by atoms with van der Waals surface area (Å²) in [4.78, 5) is 11.4. The first-order chi connectivity index (χ1) is 8.71. The van der Waals surface area contributed by atoms with E-state index in [1.807, 2.05) is 6.07 Å². The molecule has 0 bridgehead atoms. The summed E-state index contributed by atoms with van der Waals surface area (Å²) in [7, 11) is 1.37. The quantitative estimate of drug-likeness (QED) is 0.569. The molecule has 100 valence electrons. The molecule has 0 saturated heterocycles. The fraction of sp³-hybridized carbons (Fsp3) is 0.500. The van der Waals surface area contributed by atoms with Crippen LogP contribution in [0.4, 0.5) is 0 Å². The lowest BCUT2D eigenvalue weighted by Crippen LogP contribution is -2.13. The van der Waals surface area contributed by atoms with E-state index in [-0.39, 0.29) is 5.97 Å². The highest BCUT2D eigenvalue weighted by Gasteiger charge is 2.09. The zero-order valence-corrected chi connectivity index (χ0v) is 12.4. The zero-order chi connectivity index (χ0) is 13.4. The van der Waals surface area contributed by atoms with Crippen molar-refractivity contribution in [3.63, 3.8) is 0 Å². The van der Waals surface area contributed by atoms with Crippen LogP contribution in [0.2, 0.25) is 0 Å². The van der Waals surface area contributed by atoms with Gasteiger partial charge in [-0.25, -0.2) is 4.79 Å². The Labute approximate surface area is 117 Å². The summed E-state index contributed by atoms with van der Waals surface area (Å²) in [6.07, 6.45) is 2.27. The SMILES string of the molecule is CCCC(CBr)COc1cccc(C(=O)OC)c1. The largest absolute Gasteiger partial charge is 0.493 e. The van der Waals surface area contributed by atoms with E-state index in [2.05, 4.69) is 27.6 Å². The average Bonchev–Trinajstić information content (AvgIpc) is 2.42. The highest BCUT2D eigenvalue weighted by molar-refractivity contribution is 9.09. The molecule has 0 aliphatic heterocycles. The number of esters is 1. The van der Waals surface area contributed by atoms with Crippen LogP contribution in [0.5, 0.6) is 5.75 Å². The Morgan fingerprint density at radius 2 is 2.22 bits per heavy atom. The van der Waals surface area contributed by atoms with Gasteiger partial charge in [0.2, 0.25) is 0 Å². The van der Waals surface area contributed by atoms with Crippen molar-refractivity contribution in [2.75, 3.05) is 19.0 Å². The first kappa shape index (κ1) is 15.0. The molecule has 0 amide bonds. The van der Waals surface area contributed by atoms with E-state index in [1.165, 1.54) is 7.11 Å². The van der Waals surface area contributed by atoms with Crippen molar-refractivity contribution in [1.82, 2.24) is 0 Å². The minimum absolute atomic E-state index is 0.342. The van der Waals surface area contributed by atoms with E-state index in [0.29, 0.717) is 23.8 Å². The molecule has 0 spiro atoms. The van der Waals surface area contributed by atoms with Crippen molar-refractivity contribution in [2.45, 2.75) is 19.8 Å². The van der Waals surface area contributed by atoms with E-state index < -0.39 is 0 Å². The molecule has 1 atom stereocenters. The molecule has 18 heavy (non-hydrogen) atoms. The highest BCUT2D eigenvalue weighted by atomic mass is 79.9. The Morgan fingerprint density at radius 3 is 2.83 bits per heavy atom. The lowest BCUT2D eigenvalue weighted by atomic mass is 10.1. The van der Waals surface area contributed by atoms with Gasteiger partial charge in [0.15, 0.2) is 0 Å². The van der Waals surface area contributed by atoms with Crippen molar-refractivity contribution in [2.24, 2.45) is 5.92 Å². The fourth-order valence-corrected chi connectivity index (χ4v) is 2.17. The van der Waals surface area contributed by atoms with Gasteiger partial charge in [-0.1, -0.05) is 35.3 Å². The molecule has 1 aromatic rings. The Kier molecular flexibility index (Phi) is 6.80. The van der Waals surface area contributed by atoms with Crippen LogP contribution in [0.3, 0.4) is 0 Å². The van der Waals surface area contributed by atoms with Gasteiger partial charge in [-0.05, 0) is 24.6 Å². The number of alkyl halides is 1. The molecule has 0 aliphatic carbocycles. The third kappa shape index (κ3) is 4.69. The summed E-state index contributed by atoms with van der Waals surface area (Å²) in [6.45, 7) is 2.82. The maximum atomic E-state index is 11.4. The monoisotopic (exact) mass is 314 g/mol. The van der Waals surface area contributed by atoms with E-state index in [0.717, 1.165) is 18.2 Å². The molecular weight excluding hydrogens is 296 g/mol. The van der Waals surface area contributed by atoms with Gasteiger partial charge >= 0.3 is 5.97 Å². The van der Waals surface area contributed by atoms with Crippen LogP contribution in [0, 0.1) is 5.92 Å². The maximum Gasteiger partial charge on any atom is 0.337 e. The number of carbonyl (C=O) groups excluding carboxylic acids is 1. The van der Waals surface area contributed by atoms with Crippen molar-refractivity contribution in [3.8, 4) is 5.75 Å². The maximum absolute atomic E-state index is 11.4. The molecule has 3 nitrogen and oxygen atoms in total. The first-order valence-corrected chi connectivity index (χ1v) is 7.20. The summed E-state index contributed by atoms with van der Waals surface area (Å²) >= 11 is 3.49. The summed E-state index contributed by atoms with van der Waals surface area (Å²) in [6, 6.07) is 7.07. The highest BCUT2D eigenvalue weighted by Crippen LogP contribution is 2.17. The second-order valence-electron chi connectivity index (χ2n) is 4.14. The van der Waals surface area contributed by atoms with E-state index in [4.69, 9.17) is 4.74 Å². The minimum Gasteiger partial charge on any atom is -0.493 e. The van der Waals surface area contributed by atoms with Gasteiger partial charge in [-0.15, -0.1) is 0 Å².